The number of carbonyl (C=O) groups excluding carboxylic acids is 2. The summed E-state index contributed by atoms with van der Waals surface area (Å²) in [5.41, 5.74) is 1.17. The van der Waals surface area contributed by atoms with Crippen molar-refractivity contribution in [2.45, 2.75) is 26.3 Å². The third-order valence-electron chi connectivity index (χ3n) is 5.55. The van der Waals surface area contributed by atoms with Crippen molar-refractivity contribution in [3.8, 4) is 5.75 Å². The minimum absolute atomic E-state index is 0. The quantitative estimate of drug-likeness (QED) is 0.688. The van der Waals surface area contributed by atoms with Gasteiger partial charge < -0.3 is 24.8 Å². The van der Waals surface area contributed by atoms with Crippen molar-refractivity contribution in [2.24, 2.45) is 5.92 Å². The van der Waals surface area contributed by atoms with E-state index in [1.807, 2.05) is 0 Å². The van der Waals surface area contributed by atoms with Gasteiger partial charge in [0.15, 0.2) is 0 Å². The molecular weight excluding hydrogens is 432 g/mol. The maximum absolute atomic E-state index is 13.1. The molecule has 1 atom stereocenters. The fourth-order valence-corrected chi connectivity index (χ4v) is 3.83. The number of rotatable bonds is 6. The first-order valence-electron chi connectivity index (χ1n) is 10.4. The lowest BCUT2D eigenvalue weighted by molar-refractivity contribution is 0.0824. The van der Waals surface area contributed by atoms with Crippen LogP contribution in [0, 0.1) is 12.8 Å². The van der Waals surface area contributed by atoms with Gasteiger partial charge in [0, 0.05) is 32.5 Å². The van der Waals surface area contributed by atoms with E-state index in [0.29, 0.717) is 35.0 Å². The van der Waals surface area contributed by atoms with E-state index in [2.05, 4.69) is 10.6 Å². The van der Waals surface area contributed by atoms with Crippen LogP contribution in [0.25, 0.3) is 0 Å². The molecule has 1 aliphatic rings. The summed E-state index contributed by atoms with van der Waals surface area (Å²) in [5.74, 6) is 0.0432. The second-order valence-corrected chi connectivity index (χ2v) is 8.11. The third-order valence-corrected chi connectivity index (χ3v) is 5.55. The van der Waals surface area contributed by atoms with Crippen LogP contribution in [0.4, 0.5) is 5.69 Å². The van der Waals surface area contributed by atoms with Crippen molar-refractivity contribution in [3.05, 3.63) is 57.5 Å². The van der Waals surface area contributed by atoms with Crippen LogP contribution in [0.3, 0.4) is 0 Å². The molecule has 0 bridgehead atoms. The standard InChI is InChI=1S/C23H30N4O4.ClH/c1-15-9-11-27(14-16-6-5-10-24-13-16)23(30)20(15)21(28)25-17-7-8-19(31-4)18(12-17)22(29)26(2)3;/h7-9,11-12,16,24H,5-6,10,13-14H2,1-4H3,(H,25,28);1H. The van der Waals surface area contributed by atoms with E-state index in [9.17, 15) is 14.4 Å². The second kappa shape index (κ2) is 11.2. The van der Waals surface area contributed by atoms with Gasteiger partial charge in [0.25, 0.3) is 17.4 Å². The van der Waals surface area contributed by atoms with Gasteiger partial charge in [0.05, 0.1) is 12.7 Å². The number of benzene rings is 1. The smallest absolute Gasteiger partial charge is 0.263 e. The van der Waals surface area contributed by atoms with E-state index >= 15 is 0 Å². The van der Waals surface area contributed by atoms with Gasteiger partial charge in [-0.2, -0.15) is 0 Å². The number of pyridine rings is 1. The zero-order valence-corrected chi connectivity index (χ0v) is 19.8. The van der Waals surface area contributed by atoms with Crippen molar-refractivity contribution < 1.29 is 14.3 Å². The van der Waals surface area contributed by atoms with E-state index in [0.717, 1.165) is 25.9 Å². The number of aromatic nitrogens is 1. The van der Waals surface area contributed by atoms with E-state index in [4.69, 9.17) is 4.74 Å². The molecule has 2 amide bonds. The van der Waals surface area contributed by atoms with Gasteiger partial charge in [0.1, 0.15) is 11.3 Å². The lowest BCUT2D eigenvalue weighted by Gasteiger charge is -2.23. The fraction of sp³-hybridized carbons (Fsp3) is 0.435. The van der Waals surface area contributed by atoms with Crippen LogP contribution < -0.4 is 20.9 Å². The molecule has 9 heteroatoms. The Balaban J connectivity index is 0.00000363. The summed E-state index contributed by atoms with van der Waals surface area (Å²) in [6, 6.07) is 6.62. The molecule has 1 fully saturated rings. The zero-order chi connectivity index (χ0) is 22.5. The summed E-state index contributed by atoms with van der Waals surface area (Å²) < 4.78 is 6.89. The van der Waals surface area contributed by atoms with Crippen LogP contribution in [0.1, 0.15) is 39.1 Å². The number of aryl methyl sites for hydroxylation is 1. The van der Waals surface area contributed by atoms with E-state index in [1.165, 1.54) is 12.0 Å². The molecular formula is C23H31ClN4O4. The monoisotopic (exact) mass is 462 g/mol. The SMILES string of the molecule is COc1ccc(NC(=O)c2c(C)ccn(CC3CCCNC3)c2=O)cc1C(=O)N(C)C.Cl. The van der Waals surface area contributed by atoms with Gasteiger partial charge in [-0.15, -0.1) is 12.4 Å². The molecule has 1 aromatic heterocycles. The third kappa shape index (κ3) is 5.69. The number of halogens is 1. The van der Waals surface area contributed by atoms with Gasteiger partial charge in [-0.05, 0) is 68.6 Å². The van der Waals surface area contributed by atoms with Gasteiger partial charge in [0.2, 0.25) is 0 Å². The molecule has 0 aliphatic carbocycles. The number of hydrogen-bond donors (Lipinski definition) is 2. The maximum atomic E-state index is 13.1. The van der Waals surface area contributed by atoms with Crippen LogP contribution in [0.2, 0.25) is 0 Å². The van der Waals surface area contributed by atoms with Crippen LogP contribution in [0.15, 0.2) is 35.3 Å². The summed E-state index contributed by atoms with van der Waals surface area (Å²) in [6.07, 6.45) is 3.90. The molecule has 2 heterocycles. The first-order chi connectivity index (χ1) is 14.8. The molecule has 2 aromatic rings. The molecule has 0 radical (unpaired) electrons. The second-order valence-electron chi connectivity index (χ2n) is 8.11. The Morgan fingerprint density at radius 2 is 2.03 bits per heavy atom. The van der Waals surface area contributed by atoms with Crippen molar-refractivity contribution in [3.63, 3.8) is 0 Å². The first-order valence-corrected chi connectivity index (χ1v) is 10.4. The van der Waals surface area contributed by atoms with Crippen LogP contribution in [-0.2, 0) is 6.54 Å². The average Bonchev–Trinajstić information content (AvgIpc) is 2.76. The largest absolute Gasteiger partial charge is 0.496 e. The Morgan fingerprint density at radius 3 is 2.66 bits per heavy atom. The fourth-order valence-electron chi connectivity index (χ4n) is 3.83. The van der Waals surface area contributed by atoms with Gasteiger partial charge in [-0.1, -0.05) is 0 Å². The molecule has 1 saturated heterocycles. The molecule has 3 rings (SSSR count). The molecule has 0 spiro atoms. The summed E-state index contributed by atoms with van der Waals surface area (Å²) in [4.78, 5) is 40.0. The van der Waals surface area contributed by atoms with Crippen molar-refractivity contribution in [2.75, 3.05) is 39.6 Å². The van der Waals surface area contributed by atoms with E-state index in [1.54, 1.807) is 56.0 Å². The molecule has 8 nitrogen and oxygen atoms in total. The molecule has 32 heavy (non-hydrogen) atoms. The Morgan fingerprint density at radius 1 is 1.28 bits per heavy atom. The predicted octanol–water partition coefficient (Wildman–Crippen LogP) is 2.54. The van der Waals surface area contributed by atoms with Crippen LogP contribution in [0.5, 0.6) is 5.75 Å². The summed E-state index contributed by atoms with van der Waals surface area (Å²) >= 11 is 0. The Kier molecular flexibility index (Phi) is 8.86. The summed E-state index contributed by atoms with van der Waals surface area (Å²) in [7, 11) is 4.77. The number of ether oxygens (including phenoxy) is 1. The highest BCUT2D eigenvalue weighted by molar-refractivity contribution is 6.06. The van der Waals surface area contributed by atoms with E-state index in [-0.39, 0.29) is 29.4 Å². The minimum Gasteiger partial charge on any atom is -0.496 e. The number of carbonyl (C=O) groups is 2. The van der Waals surface area contributed by atoms with Crippen LogP contribution in [-0.4, -0.2) is 55.6 Å². The number of nitrogens with zero attached hydrogens (tertiary/aromatic N) is 2. The summed E-state index contributed by atoms with van der Waals surface area (Å²) in [6.45, 7) is 4.21. The Hall–Kier alpha value is -2.84. The Bertz CT molecular complexity index is 1030. The normalized spacial score (nSPS) is 15.4. The highest BCUT2D eigenvalue weighted by Crippen LogP contribution is 2.24. The van der Waals surface area contributed by atoms with Crippen molar-refractivity contribution in [1.29, 1.82) is 0 Å². The lowest BCUT2D eigenvalue weighted by atomic mass is 9.99. The minimum atomic E-state index is -0.493. The highest BCUT2D eigenvalue weighted by atomic mass is 35.5. The maximum Gasteiger partial charge on any atom is 0.263 e. The number of nitrogens with one attached hydrogen (secondary N) is 2. The van der Waals surface area contributed by atoms with Gasteiger partial charge in [-0.3, -0.25) is 14.4 Å². The number of methoxy groups -OCH3 is 1. The molecule has 1 unspecified atom stereocenters. The Labute approximate surface area is 194 Å². The van der Waals surface area contributed by atoms with Crippen molar-refractivity contribution >= 4 is 29.9 Å². The molecule has 174 valence electrons. The molecule has 1 aromatic carbocycles. The predicted molar refractivity (Wildman–Crippen MR) is 127 cm³/mol. The average molecular weight is 463 g/mol. The van der Waals surface area contributed by atoms with Gasteiger partial charge >= 0.3 is 0 Å². The number of amides is 2. The van der Waals surface area contributed by atoms with Gasteiger partial charge in [-0.25, -0.2) is 0 Å². The summed E-state index contributed by atoms with van der Waals surface area (Å²) in [5, 5.41) is 6.12. The zero-order valence-electron chi connectivity index (χ0n) is 18.9. The topological polar surface area (TPSA) is 92.7 Å². The van der Waals surface area contributed by atoms with Crippen LogP contribution >= 0.6 is 12.4 Å². The molecule has 2 N–H and O–H groups in total. The molecule has 1 aliphatic heterocycles. The number of hydrogen-bond acceptors (Lipinski definition) is 5. The number of piperidine rings is 1. The number of anilines is 1. The highest BCUT2D eigenvalue weighted by Gasteiger charge is 2.20. The van der Waals surface area contributed by atoms with Crippen molar-refractivity contribution in [1.82, 2.24) is 14.8 Å². The first kappa shape index (κ1) is 25.4. The van der Waals surface area contributed by atoms with E-state index < -0.39 is 5.91 Å². The lowest BCUT2D eigenvalue weighted by Crippen LogP contribution is -2.36. The molecule has 0 saturated carbocycles.